The van der Waals surface area contributed by atoms with Gasteiger partial charge in [-0.05, 0) is 12.0 Å². The van der Waals surface area contributed by atoms with Crippen LogP contribution in [0.2, 0.25) is 0 Å². The predicted octanol–water partition coefficient (Wildman–Crippen LogP) is 0.631. The molecule has 1 aromatic heterocycles. The second kappa shape index (κ2) is 7.33. The summed E-state index contributed by atoms with van der Waals surface area (Å²) < 4.78 is 4.42. The molecule has 1 saturated heterocycles. The summed E-state index contributed by atoms with van der Waals surface area (Å²) in [6, 6.07) is 9.28. The zero-order chi connectivity index (χ0) is 17.8. The molecule has 1 aliphatic rings. The van der Waals surface area contributed by atoms with E-state index in [1.807, 2.05) is 30.3 Å². The maximum atomic E-state index is 12.7. The number of amides is 2. The minimum Gasteiger partial charge on any atom is -0.355 e. The maximum absolute atomic E-state index is 12.7. The van der Waals surface area contributed by atoms with Gasteiger partial charge in [-0.1, -0.05) is 35.5 Å². The van der Waals surface area contributed by atoms with E-state index in [-0.39, 0.29) is 23.8 Å². The average Bonchev–Trinajstić information content (AvgIpc) is 3.03. The van der Waals surface area contributed by atoms with Crippen molar-refractivity contribution in [2.24, 2.45) is 5.92 Å². The molecule has 2 atom stereocenters. The summed E-state index contributed by atoms with van der Waals surface area (Å²) in [6.07, 6.45) is 1.23. The van der Waals surface area contributed by atoms with Crippen LogP contribution in [-0.2, 0) is 16.0 Å². The molecule has 0 spiro atoms. The molecular weight excluding hydrogens is 324 g/mol. The fourth-order valence-corrected chi connectivity index (χ4v) is 3.22. The number of rotatable bonds is 5. The lowest BCUT2D eigenvalue weighted by Gasteiger charge is -2.38. The predicted molar refractivity (Wildman–Crippen MR) is 88.5 cm³/mol. The van der Waals surface area contributed by atoms with E-state index in [1.165, 1.54) is 0 Å². The van der Waals surface area contributed by atoms with Gasteiger partial charge in [0.15, 0.2) is 5.82 Å². The van der Waals surface area contributed by atoms with Gasteiger partial charge < -0.3 is 10.2 Å². The molecule has 2 aromatic rings. The lowest BCUT2D eigenvalue weighted by atomic mass is 9.84. The average molecular weight is 344 g/mol. The lowest BCUT2D eigenvalue weighted by molar-refractivity contribution is -0.141. The zero-order valence-corrected chi connectivity index (χ0v) is 13.9. The maximum Gasteiger partial charge on any atom is 0.438 e. The number of H-pyrrole nitrogens is 1. The summed E-state index contributed by atoms with van der Waals surface area (Å²) in [5.74, 6) is -0.614. The number of piperidine rings is 1. The Kier molecular flexibility index (Phi) is 4.97. The molecule has 0 unspecified atom stereocenters. The van der Waals surface area contributed by atoms with E-state index in [2.05, 4.69) is 20.0 Å². The van der Waals surface area contributed by atoms with Crippen molar-refractivity contribution in [2.75, 3.05) is 13.6 Å². The van der Waals surface area contributed by atoms with E-state index < -0.39 is 5.76 Å². The molecule has 1 aliphatic heterocycles. The molecule has 8 heteroatoms. The van der Waals surface area contributed by atoms with Gasteiger partial charge in [0.1, 0.15) is 0 Å². The smallest absolute Gasteiger partial charge is 0.355 e. The number of hydrogen-bond acceptors (Lipinski definition) is 5. The van der Waals surface area contributed by atoms with Crippen LogP contribution in [0.4, 0.5) is 0 Å². The highest BCUT2D eigenvalue weighted by atomic mass is 16.5. The van der Waals surface area contributed by atoms with Gasteiger partial charge in [0, 0.05) is 26.4 Å². The molecule has 0 aliphatic carbocycles. The first-order valence-corrected chi connectivity index (χ1v) is 8.19. The van der Waals surface area contributed by atoms with Gasteiger partial charge in [-0.25, -0.2) is 4.79 Å². The monoisotopic (exact) mass is 344 g/mol. The number of nitrogens with one attached hydrogen (secondary N) is 2. The Morgan fingerprint density at radius 3 is 2.80 bits per heavy atom. The normalized spacial score (nSPS) is 20.5. The molecule has 2 amide bonds. The lowest BCUT2D eigenvalue weighted by Crippen LogP contribution is -2.46. The van der Waals surface area contributed by atoms with E-state index in [9.17, 15) is 14.4 Å². The van der Waals surface area contributed by atoms with Crippen molar-refractivity contribution in [1.29, 1.82) is 0 Å². The SMILES string of the molecule is CN1C(=O)CC[C@H](C(=O)NCCc2noc(=O)[nH]2)[C@@H]1c1ccccc1. The number of hydrogen-bond donors (Lipinski definition) is 2. The standard InChI is InChI=1S/C17H20N4O4/c1-21-14(22)8-7-12(15(21)11-5-3-2-4-6-11)16(23)18-10-9-13-19-17(24)25-20-13/h2-6,12,15H,7-10H2,1H3,(H,18,23)(H,19,20,24)/t12-,15-/m0/s1. The van der Waals surface area contributed by atoms with Crippen LogP contribution in [0.1, 0.15) is 30.3 Å². The Morgan fingerprint density at radius 2 is 2.12 bits per heavy atom. The fraction of sp³-hybridized carbons (Fsp3) is 0.412. The first-order chi connectivity index (χ1) is 12.1. The molecule has 2 N–H and O–H groups in total. The van der Waals surface area contributed by atoms with Crippen LogP contribution >= 0.6 is 0 Å². The fourth-order valence-electron chi connectivity index (χ4n) is 3.22. The van der Waals surface area contributed by atoms with Crippen LogP contribution in [-0.4, -0.2) is 40.4 Å². The summed E-state index contributed by atoms with van der Waals surface area (Å²) in [4.78, 5) is 39.7. The number of nitrogens with zero attached hydrogens (tertiary/aromatic N) is 2. The van der Waals surface area contributed by atoms with E-state index in [0.29, 0.717) is 31.6 Å². The van der Waals surface area contributed by atoms with Crippen molar-refractivity contribution < 1.29 is 14.1 Å². The number of aromatic amines is 1. The quantitative estimate of drug-likeness (QED) is 0.827. The number of aromatic nitrogens is 2. The number of benzene rings is 1. The van der Waals surface area contributed by atoms with Crippen molar-refractivity contribution >= 4 is 11.8 Å². The summed E-state index contributed by atoms with van der Waals surface area (Å²) >= 11 is 0. The number of likely N-dealkylation sites (tertiary alicyclic amines) is 1. The van der Waals surface area contributed by atoms with Crippen LogP contribution in [0.25, 0.3) is 0 Å². The Labute approximate surface area is 144 Å². The molecule has 0 saturated carbocycles. The van der Waals surface area contributed by atoms with E-state index in [1.54, 1.807) is 11.9 Å². The number of carbonyl (C=O) groups excluding carboxylic acids is 2. The highest BCUT2D eigenvalue weighted by Gasteiger charge is 2.38. The Hall–Kier alpha value is -2.90. The Bertz CT molecular complexity index is 798. The molecule has 8 nitrogen and oxygen atoms in total. The van der Waals surface area contributed by atoms with Crippen LogP contribution in [0, 0.1) is 5.92 Å². The van der Waals surface area contributed by atoms with Gasteiger partial charge in [-0.15, -0.1) is 0 Å². The van der Waals surface area contributed by atoms with Gasteiger partial charge >= 0.3 is 5.76 Å². The largest absolute Gasteiger partial charge is 0.438 e. The topological polar surface area (TPSA) is 108 Å². The number of carbonyl (C=O) groups is 2. The molecule has 2 heterocycles. The van der Waals surface area contributed by atoms with Crippen molar-refractivity contribution in [1.82, 2.24) is 20.4 Å². The summed E-state index contributed by atoms with van der Waals surface area (Å²) in [5, 5.41) is 6.43. The third-order valence-corrected chi connectivity index (χ3v) is 4.48. The van der Waals surface area contributed by atoms with Crippen LogP contribution in [0.15, 0.2) is 39.6 Å². The van der Waals surface area contributed by atoms with Crippen LogP contribution < -0.4 is 11.1 Å². The third kappa shape index (κ3) is 3.78. The van der Waals surface area contributed by atoms with E-state index in [0.717, 1.165) is 5.56 Å². The molecular formula is C17H20N4O4. The first-order valence-electron chi connectivity index (χ1n) is 8.19. The summed E-state index contributed by atoms with van der Waals surface area (Å²) in [5.41, 5.74) is 0.944. The molecule has 1 aromatic carbocycles. The van der Waals surface area contributed by atoms with Gasteiger partial charge in [-0.2, -0.15) is 0 Å². The van der Waals surface area contributed by atoms with Crippen LogP contribution in [0.5, 0.6) is 0 Å². The summed E-state index contributed by atoms with van der Waals surface area (Å²) in [7, 11) is 1.74. The second-order valence-corrected chi connectivity index (χ2v) is 6.09. The van der Waals surface area contributed by atoms with Gasteiger partial charge in [0.25, 0.3) is 0 Å². The molecule has 0 bridgehead atoms. The van der Waals surface area contributed by atoms with E-state index in [4.69, 9.17) is 0 Å². The van der Waals surface area contributed by atoms with Gasteiger partial charge in [0.2, 0.25) is 11.8 Å². The van der Waals surface area contributed by atoms with Crippen molar-refractivity contribution in [3.8, 4) is 0 Å². The molecule has 132 valence electrons. The summed E-state index contributed by atoms with van der Waals surface area (Å²) in [6.45, 7) is 0.330. The van der Waals surface area contributed by atoms with E-state index >= 15 is 0 Å². The minimum absolute atomic E-state index is 0.0399. The Balaban J connectivity index is 1.68. The highest BCUT2D eigenvalue weighted by Crippen LogP contribution is 2.35. The molecule has 3 rings (SSSR count). The zero-order valence-electron chi connectivity index (χ0n) is 13.9. The third-order valence-electron chi connectivity index (χ3n) is 4.48. The second-order valence-electron chi connectivity index (χ2n) is 6.09. The van der Waals surface area contributed by atoms with Crippen molar-refractivity contribution in [3.05, 3.63) is 52.3 Å². The molecule has 1 fully saturated rings. The highest BCUT2D eigenvalue weighted by molar-refractivity contribution is 5.84. The van der Waals surface area contributed by atoms with Crippen molar-refractivity contribution in [3.63, 3.8) is 0 Å². The minimum atomic E-state index is -0.613. The van der Waals surface area contributed by atoms with Crippen molar-refractivity contribution in [2.45, 2.75) is 25.3 Å². The van der Waals surface area contributed by atoms with Crippen LogP contribution in [0.3, 0.4) is 0 Å². The van der Waals surface area contributed by atoms with Gasteiger partial charge in [0.05, 0.1) is 12.0 Å². The Morgan fingerprint density at radius 1 is 1.36 bits per heavy atom. The molecule has 0 radical (unpaired) electrons. The van der Waals surface area contributed by atoms with Gasteiger partial charge in [-0.3, -0.25) is 19.1 Å². The molecule has 25 heavy (non-hydrogen) atoms. The first kappa shape index (κ1) is 16.9.